The van der Waals surface area contributed by atoms with E-state index in [4.69, 9.17) is 9.47 Å². The van der Waals surface area contributed by atoms with Gasteiger partial charge in [0, 0.05) is 16.1 Å². The first-order valence-corrected chi connectivity index (χ1v) is 8.69. The summed E-state index contributed by atoms with van der Waals surface area (Å²) in [6, 6.07) is 2.38. The van der Waals surface area contributed by atoms with E-state index >= 15 is 0 Å². The molecule has 1 aliphatic rings. The molecule has 0 bridgehead atoms. The van der Waals surface area contributed by atoms with Gasteiger partial charge >= 0.3 is 0 Å². The fourth-order valence-electron chi connectivity index (χ4n) is 3.14. The molecule has 2 unspecified atom stereocenters. The van der Waals surface area contributed by atoms with Gasteiger partial charge in [0.05, 0.1) is 13.2 Å². The summed E-state index contributed by atoms with van der Waals surface area (Å²) in [6.07, 6.45) is 3.43. The van der Waals surface area contributed by atoms with Gasteiger partial charge in [-0.15, -0.1) is 0 Å². The standard InChI is InChI=1S/C17H26BrNO2/c1-5-20-15-10-13(18)12-8-7-11(3)9-14(19-4)16(12)17(15)21-6-2/h10-11,14,19H,5-9H2,1-4H3. The molecule has 1 aromatic rings. The van der Waals surface area contributed by atoms with Crippen LogP contribution in [-0.2, 0) is 6.42 Å². The fraction of sp³-hybridized carbons (Fsp3) is 0.647. The van der Waals surface area contributed by atoms with Crippen LogP contribution < -0.4 is 14.8 Å². The van der Waals surface area contributed by atoms with Gasteiger partial charge in [0.25, 0.3) is 0 Å². The van der Waals surface area contributed by atoms with Crippen LogP contribution in [0.15, 0.2) is 10.5 Å². The van der Waals surface area contributed by atoms with Crippen molar-refractivity contribution in [1.29, 1.82) is 0 Å². The fourth-order valence-corrected chi connectivity index (χ4v) is 3.76. The summed E-state index contributed by atoms with van der Waals surface area (Å²) in [5, 5.41) is 3.47. The molecule has 1 aliphatic carbocycles. The highest BCUT2D eigenvalue weighted by Crippen LogP contribution is 2.45. The molecule has 0 radical (unpaired) electrons. The van der Waals surface area contributed by atoms with E-state index < -0.39 is 0 Å². The van der Waals surface area contributed by atoms with Crippen LogP contribution in [0.4, 0.5) is 0 Å². The molecule has 0 fully saturated rings. The van der Waals surface area contributed by atoms with Crippen LogP contribution in [0, 0.1) is 5.92 Å². The normalized spacial score (nSPS) is 21.6. The van der Waals surface area contributed by atoms with Crippen molar-refractivity contribution in [2.24, 2.45) is 5.92 Å². The molecule has 0 saturated heterocycles. The summed E-state index contributed by atoms with van der Waals surface area (Å²) < 4.78 is 12.9. The minimum absolute atomic E-state index is 0.316. The number of fused-ring (bicyclic) bond motifs is 1. The average Bonchev–Trinajstić information content (AvgIpc) is 2.63. The Kier molecular flexibility index (Phi) is 5.94. The SMILES string of the molecule is CCOc1cc(Br)c2c(c1OCC)C(NC)CC(C)CC2. The third kappa shape index (κ3) is 3.54. The molecule has 0 aromatic heterocycles. The van der Waals surface area contributed by atoms with Crippen molar-refractivity contribution in [2.75, 3.05) is 20.3 Å². The number of nitrogens with one attached hydrogen (secondary N) is 1. The molecular weight excluding hydrogens is 330 g/mol. The van der Waals surface area contributed by atoms with Crippen molar-refractivity contribution in [2.45, 2.75) is 46.1 Å². The Morgan fingerprint density at radius 1 is 1.29 bits per heavy atom. The predicted octanol–water partition coefficient (Wildman–Crippen LogP) is 4.48. The number of halogens is 1. The van der Waals surface area contributed by atoms with Gasteiger partial charge in [-0.05, 0) is 57.7 Å². The molecule has 3 nitrogen and oxygen atoms in total. The van der Waals surface area contributed by atoms with E-state index in [2.05, 4.69) is 34.2 Å². The van der Waals surface area contributed by atoms with Crippen LogP contribution in [0.25, 0.3) is 0 Å². The summed E-state index contributed by atoms with van der Waals surface area (Å²) in [4.78, 5) is 0. The third-order valence-corrected chi connectivity index (χ3v) is 4.86. The Morgan fingerprint density at radius 2 is 2.00 bits per heavy atom. The molecular formula is C17H26BrNO2. The van der Waals surface area contributed by atoms with Gasteiger partial charge < -0.3 is 14.8 Å². The van der Waals surface area contributed by atoms with Crippen LogP contribution in [0.3, 0.4) is 0 Å². The van der Waals surface area contributed by atoms with Crippen LogP contribution in [0.2, 0.25) is 0 Å². The van der Waals surface area contributed by atoms with Crippen LogP contribution in [-0.4, -0.2) is 20.3 Å². The Balaban J connectivity index is 2.60. The largest absolute Gasteiger partial charge is 0.490 e. The lowest BCUT2D eigenvalue weighted by Gasteiger charge is -2.24. The van der Waals surface area contributed by atoms with Crippen LogP contribution in [0.5, 0.6) is 11.5 Å². The zero-order valence-electron chi connectivity index (χ0n) is 13.5. The van der Waals surface area contributed by atoms with Gasteiger partial charge in [0.15, 0.2) is 11.5 Å². The van der Waals surface area contributed by atoms with E-state index in [0.717, 1.165) is 28.8 Å². The van der Waals surface area contributed by atoms with Crippen molar-refractivity contribution in [3.8, 4) is 11.5 Å². The number of benzene rings is 1. The average molecular weight is 356 g/mol. The molecule has 4 heteroatoms. The molecule has 1 N–H and O–H groups in total. The van der Waals surface area contributed by atoms with Gasteiger partial charge in [-0.1, -0.05) is 22.9 Å². The first kappa shape index (κ1) is 16.6. The van der Waals surface area contributed by atoms with Crippen LogP contribution >= 0.6 is 15.9 Å². The molecule has 118 valence electrons. The summed E-state index contributed by atoms with van der Waals surface area (Å²) in [5.41, 5.74) is 2.65. The van der Waals surface area contributed by atoms with Gasteiger partial charge in [-0.3, -0.25) is 0 Å². The second-order valence-electron chi connectivity index (χ2n) is 5.66. The monoisotopic (exact) mass is 355 g/mol. The third-order valence-electron chi connectivity index (χ3n) is 4.15. The van der Waals surface area contributed by atoms with Crippen molar-refractivity contribution in [3.63, 3.8) is 0 Å². The molecule has 1 aromatic carbocycles. The van der Waals surface area contributed by atoms with Gasteiger partial charge in [-0.25, -0.2) is 0 Å². The lowest BCUT2D eigenvalue weighted by atomic mass is 9.96. The van der Waals surface area contributed by atoms with Crippen LogP contribution in [0.1, 0.15) is 50.8 Å². The minimum Gasteiger partial charge on any atom is -0.490 e. The number of hydrogen-bond acceptors (Lipinski definition) is 3. The maximum atomic E-state index is 5.98. The summed E-state index contributed by atoms with van der Waals surface area (Å²) in [5.74, 6) is 2.47. The van der Waals surface area contributed by atoms with E-state index in [-0.39, 0.29) is 0 Å². The Hall–Kier alpha value is -0.740. The highest BCUT2D eigenvalue weighted by atomic mass is 79.9. The Labute approximate surface area is 136 Å². The van der Waals surface area contributed by atoms with Gasteiger partial charge in [0.1, 0.15) is 0 Å². The zero-order valence-corrected chi connectivity index (χ0v) is 15.0. The lowest BCUT2D eigenvalue weighted by Crippen LogP contribution is -2.20. The highest BCUT2D eigenvalue weighted by molar-refractivity contribution is 9.10. The minimum atomic E-state index is 0.316. The first-order chi connectivity index (χ1) is 10.1. The molecule has 2 rings (SSSR count). The number of ether oxygens (including phenoxy) is 2. The molecule has 0 saturated carbocycles. The van der Waals surface area contributed by atoms with E-state index in [1.807, 2.05) is 20.9 Å². The van der Waals surface area contributed by atoms with Crippen molar-refractivity contribution in [3.05, 3.63) is 21.7 Å². The Bertz CT molecular complexity index is 490. The topological polar surface area (TPSA) is 30.5 Å². The quantitative estimate of drug-likeness (QED) is 0.789. The van der Waals surface area contributed by atoms with E-state index in [1.165, 1.54) is 17.5 Å². The predicted molar refractivity (Wildman–Crippen MR) is 90.4 cm³/mol. The second kappa shape index (κ2) is 7.50. The van der Waals surface area contributed by atoms with Gasteiger partial charge in [-0.2, -0.15) is 0 Å². The summed E-state index contributed by atoms with van der Waals surface area (Å²) >= 11 is 3.74. The molecule has 0 aliphatic heterocycles. The second-order valence-corrected chi connectivity index (χ2v) is 6.52. The molecule has 2 atom stereocenters. The maximum Gasteiger partial charge on any atom is 0.166 e. The number of rotatable bonds is 5. The Morgan fingerprint density at radius 3 is 2.62 bits per heavy atom. The van der Waals surface area contributed by atoms with Crippen molar-refractivity contribution >= 4 is 15.9 Å². The number of hydrogen-bond donors (Lipinski definition) is 1. The first-order valence-electron chi connectivity index (χ1n) is 7.90. The smallest absolute Gasteiger partial charge is 0.166 e. The zero-order chi connectivity index (χ0) is 15.4. The molecule has 0 heterocycles. The summed E-state index contributed by atoms with van der Waals surface area (Å²) in [6.45, 7) is 7.66. The molecule has 21 heavy (non-hydrogen) atoms. The molecule has 0 amide bonds. The maximum absolute atomic E-state index is 5.98. The van der Waals surface area contributed by atoms with E-state index in [1.54, 1.807) is 0 Å². The van der Waals surface area contributed by atoms with Gasteiger partial charge in [0.2, 0.25) is 0 Å². The van der Waals surface area contributed by atoms with Crippen molar-refractivity contribution in [1.82, 2.24) is 5.32 Å². The van der Waals surface area contributed by atoms with Crippen molar-refractivity contribution < 1.29 is 9.47 Å². The summed E-state index contributed by atoms with van der Waals surface area (Å²) in [7, 11) is 2.03. The highest BCUT2D eigenvalue weighted by Gasteiger charge is 2.29. The van der Waals surface area contributed by atoms with E-state index in [9.17, 15) is 0 Å². The van der Waals surface area contributed by atoms with E-state index in [0.29, 0.717) is 25.2 Å². The molecule has 0 spiro atoms. The lowest BCUT2D eigenvalue weighted by molar-refractivity contribution is 0.281.